The normalized spacial score (nSPS) is 10.8. The lowest BCUT2D eigenvalue weighted by Gasteiger charge is -1.90. The van der Waals surface area contributed by atoms with Crippen molar-refractivity contribution in [2.45, 2.75) is 19.8 Å². The van der Waals surface area contributed by atoms with Crippen LogP contribution in [0.5, 0.6) is 0 Å². The highest BCUT2D eigenvalue weighted by Gasteiger charge is 2.04. The number of Topliss-reactive ketones (excluding diaryl/α,β-unsaturated/α-hetero) is 1. The number of halogens is 1. The number of rotatable bonds is 3. The van der Waals surface area contributed by atoms with Crippen molar-refractivity contribution in [2.24, 2.45) is 0 Å². The zero-order valence-electron chi connectivity index (χ0n) is 8.27. The zero-order valence-corrected chi connectivity index (χ0v) is 9.03. The van der Waals surface area contributed by atoms with Gasteiger partial charge in [0.15, 0.2) is 11.5 Å². The predicted octanol–water partition coefficient (Wildman–Crippen LogP) is 1.90. The SMILES string of the molecule is CC(=O)CCc1nc2ccc(Cl)cn2n1. The molecule has 78 valence electrons. The van der Waals surface area contributed by atoms with Gasteiger partial charge in [-0.1, -0.05) is 11.6 Å². The number of pyridine rings is 1. The first-order chi connectivity index (χ1) is 7.15. The van der Waals surface area contributed by atoms with Gasteiger partial charge in [-0.2, -0.15) is 5.10 Å². The van der Waals surface area contributed by atoms with E-state index in [1.165, 1.54) is 0 Å². The van der Waals surface area contributed by atoms with E-state index in [-0.39, 0.29) is 5.78 Å². The Morgan fingerprint density at radius 1 is 1.53 bits per heavy atom. The Labute approximate surface area is 91.9 Å². The molecule has 0 unspecified atom stereocenters. The zero-order chi connectivity index (χ0) is 10.8. The topological polar surface area (TPSA) is 47.3 Å². The molecule has 2 heterocycles. The van der Waals surface area contributed by atoms with Gasteiger partial charge in [-0.3, -0.25) is 0 Å². The largest absolute Gasteiger partial charge is 0.300 e. The van der Waals surface area contributed by atoms with E-state index in [1.54, 1.807) is 29.8 Å². The Kier molecular flexibility index (Phi) is 2.68. The molecule has 0 aliphatic rings. The van der Waals surface area contributed by atoms with Gasteiger partial charge < -0.3 is 4.79 Å². The molecule has 4 nitrogen and oxygen atoms in total. The highest BCUT2D eigenvalue weighted by molar-refractivity contribution is 6.30. The number of carbonyl (C=O) groups is 1. The number of fused-ring (bicyclic) bond motifs is 1. The Bertz CT molecular complexity index is 506. The minimum Gasteiger partial charge on any atom is -0.300 e. The fourth-order valence-electron chi connectivity index (χ4n) is 1.30. The summed E-state index contributed by atoms with van der Waals surface area (Å²) < 4.78 is 1.62. The summed E-state index contributed by atoms with van der Waals surface area (Å²) in [5, 5.41) is 4.83. The first kappa shape index (κ1) is 10.1. The van der Waals surface area contributed by atoms with Crippen LogP contribution in [0, 0.1) is 0 Å². The maximum absolute atomic E-state index is 10.8. The van der Waals surface area contributed by atoms with Crippen molar-refractivity contribution >= 4 is 23.0 Å². The fraction of sp³-hybridized carbons (Fsp3) is 0.300. The molecule has 0 N–H and O–H groups in total. The maximum atomic E-state index is 10.8. The van der Waals surface area contributed by atoms with Crippen molar-refractivity contribution < 1.29 is 4.79 Å². The third-order valence-electron chi connectivity index (χ3n) is 2.04. The molecular weight excluding hydrogens is 214 g/mol. The van der Waals surface area contributed by atoms with Crippen LogP contribution in [-0.2, 0) is 11.2 Å². The summed E-state index contributed by atoms with van der Waals surface area (Å²) in [6, 6.07) is 3.56. The fourth-order valence-corrected chi connectivity index (χ4v) is 1.45. The molecule has 2 aromatic rings. The highest BCUT2D eigenvalue weighted by Crippen LogP contribution is 2.10. The summed E-state index contributed by atoms with van der Waals surface area (Å²) in [5.41, 5.74) is 0.748. The van der Waals surface area contributed by atoms with Crippen LogP contribution in [0.3, 0.4) is 0 Å². The number of nitrogens with zero attached hydrogens (tertiary/aromatic N) is 3. The molecule has 0 aliphatic heterocycles. The monoisotopic (exact) mass is 223 g/mol. The van der Waals surface area contributed by atoms with Crippen molar-refractivity contribution in [3.8, 4) is 0 Å². The number of ketones is 1. The standard InChI is InChI=1S/C10H10ClN3O/c1-7(15)2-4-9-12-10-5-3-8(11)6-14(10)13-9/h3,5-6H,2,4H2,1H3. The number of hydrogen-bond donors (Lipinski definition) is 0. The third kappa shape index (κ3) is 2.33. The maximum Gasteiger partial charge on any atom is 0.155 e. The Morgan fingerprint density at radius 2 is 2.33 bits per heavy atom. The second-order valence-electron chi connectivity index (χ2n) is 3.38. The van der Waals surface area contributed by atoms with Gasteiger partial charge in [0, 0.05) is 19.0 Å². The van der Waals surface area contributed by atoms with E-state index in [1.807, 2.05) is 0 Å². The molecule has 15 heavy (non-hydrogen) atoms. The second-order valence-corrected chi connectivity index (χ2v) is 3.82. The van der Waals surface area contributed by atoms with E-state index in [0.717, 1.165) is 5.65 Å². The highest BCUT2D eigenvalue weighted by atomic mass is 35.5. The first-order valence-electron chi connectivity index (χ1n) is 4.65. The van der Waals surface area contributed by atoms with Gasteiger partial charge in [0.1, 0.15) is 5.78 Å². The van der Waals surface area contributed by atoms with E-state index >= 15 is 0 Å². The van der Waals surface area contributed by atoms with Gasteiger partial charge in [-0.15, -0.1) is 0 Å². The summed E-state index contributed by atoms with van der Waals surface area (Å²) in [4.78, 5) is 15.1. The molecule has 2 aromatic heterocycles. The summed E-state index contributed by atoms with van der Waals surface area (Å²) in [7, 11) is 0. The summed E-state index contributed by atoms with van der Waals surface area (Å²) in [6.45, 7) is 1.56. The molecule has 0 saturated carbocycles. The lowest BCUT2D eigenvalue weighted by Crippen LogP contribution is -1.96. The second kappa shape index (κ2) is 3.98. The molecule has 5 heteroatoms. The number of aryl methyl sites for hydroxylation is 1. The van der Waals surface area contributed by atoms with Crippen molar-refractivity contribution in [2.75, 3.05) is 0 Å². The van der Waals surface area contributed by atoms with Gasteiger partial charge in [0.05, 0.1) is 5.02 Å². The molecule has 0 amide bonds. The number of carbonyl (C=O) groups excluding carboxylic acids is 1. The molecular formula is C10H10ClN3O. The molecule has 0 aliphatic carbocycles. The van der Waals surface area contributed by atoms with Gasteiger partial charge in [-0.05, 0) is 19.1 Å². The quantitative estimate of drug-likeness (QED) is 0.799. The Hall–Kier alpha value is -1.42. The van der Waals surface area contributed by atoms with Crippen molar-refractivity contribution in [1.29, 1.82) is 0 Å². The Balaban J connectivity index is 2.27. The molecule has 0 aromatic carbocycles. The predicted molar refractivity (Wildman–Crippen MR) is 57.0 cm³/mol. The van der Waals surface area contributed by atoms with Gasteiger partial charge >= 0.3 is 0 Å². The molecule has 0 fully saturated rings. The molecule has 0 spiro atoms. The van der Waals surface area contributed by atoms with Gasteiger partial charge in [0.2, 0.25) is 0 Å². The molecule has 0 bridgehead atoms. The van der Waals surface area contributed by atoms with Crippen LogP contribution in [0.15, 0.2) is 18.3 Å². The van der Waals surface area contributed by atoms with Crippen molar-refractivity contribution in [3.05, 3.63) is 29.2 Å². The lowest BCUT2D eigenvalue weighted by atomic mass is 10.2. The number of aromatic nitrogens is 3. The molecule has 0 radical (unpaired) electrons. The molecule has 2 rings (SSSR count). The summed E-state index contributed by atoms with van der Waals surface area (Å²) in [6.07, 6.45) is 2.75. The van der Waals surface area contributed by atoms with Crippen LogP contribution in [0.4, 0.5) is 0 Å². The first-order valence-corrected chi connectivity index (χ1v) is 5.03. The van der Waals surface area contributed by atoms with Crippen LogP contribution in [0.2, 0.25) is 5.02 Å². The minimum atomic E-state index is 0.145. The van der Waals surface area contributed by atoms with E-state index in [0.29, 0.717) is 23.7 Å². The summed E-state index contributed by atoms with van der Waals surface area (Å²) >= 11 is 5.81. The van der Waals surface area contributed by atoms with E-state index in [9.17, 15) is 4.79 Å². The lowest BCUT2D eigenvalue weighted by molar-refractivity contribution is -0.117. The van der Waals surface area contributed by atoms with E-state index in [2.05, 4.69) is 10.1 Å². The summed E-state index contributed by atoms with van der Waals surface area (Å²) in [5.74, 6) is 0.819. The third-order valence-corrected chi connectivity index (χ3v) is 2.26. The Morgan fingerprint density at radius 3 is 3.07 bits per heavy atom. The van der Waals surface area contributed by atoms with Crippen molar-refractivity contribution in [3.63, 3.8) is 0 Å². The smallest absolute Gasteiger partial charge is 0.155 e. The molecule has 0 atom stereocenters. The van der Waals surface area contributed by atoms with Crippen LogP contribution in [-0.4, -0.2) is 20.4 Å². The average molecular weight is 224 g/mol. The van der Waals surface area contributed by atoms with Crippen LogP contribution < -0.4 is 0 Å². The van der Waals surface area contributed by atoms with Gasteiger partial charge in [-0.25, -0.2) is 9.50 Å². The van der Waals surface area contributed by atoms with E-state index < -0.39 is 0 Å². The van der Waals surface area contributed by atoms with E-state index in [4.69, 9.17) is 11.6 Å². The number of hydrogen-bond acceptors (Lipinski definition) is 3. The van der Waals surface area contributed by atoms with Crippen LogP contribution in [0.1, 0.15) is 19.2 Å². The van der Waals surface area contributed by atoms with Crippen LogP contribution >= 0.6 is 11.6 Å². The molecule has 0 saturated heterocycles. The average Bonchev–Trinajstić information content (AvgIpc) is 2.56. The van der Waals surface area contributed by atoms with Crippen molar-refractivity contribution in [1.82, 2.24) is 14.6 Å². The van der Waals surface area contributed by atoms with Crippen LogP contribution in [0.25, 0.3) is 5.65 Å². The van der Waals surface area contributed by atoms with Gasteiger partial charge in [0.25, 0.3) is 0 Å². The minimum absolute atomic E-state index is 0.145.